The third-order valence-corrected chi connectivity index (χ3v) is 5.07. The predicted octanol–water partition coefficient (Wildman–Crippen LogP) is 4.57. The average molecular weight is 395 g/mol. The molecule has 1 N–H and O–H groups in total. The van der Waals surface area contributed by atoms with Crippen molar-refractivity contribution in [2.24, 2.45) is 5.92 Å². The SMILES string of the molecule is CCCNC(=O)N(Cc1nccn1Cc1ccc(Cl)cc1Cl)CC1CC1. The van der Waals surface area contributed by atoms with Gasteiger partial charge >= 0.3 is 6.03 Å². The van der Waals surface area contributed by atoms with E-state index in [2.05, 4.69) is 10.3 Å². The summed E-state index contributed by atoms with van der Waals surface area (Å²) in [5.74, 6) is 1.47. The summed E-state index contributed by atoms with van der Waals surface area (Å²) in [6, 6.07) is 5.48. The third kappa shape index (κ3) is 5.15. The minimum Gasteiger partial charge on any atom is -0.338 e. The lowest BCUT2D eigenvalue weighted by Gasteiger charge is -2.23. The van der Waals surface area contributed by atoms with Crippen LogP contribution in [0, 0.1) is 5.92 Å². The van der Waals surface area contributed by atoms with Crippen molar-refractivity contribution >= 4 is 29.2 Å². The lowest BCUT2D eigenvalue weighted by Crippen LogP contribution is -2.41. The van der Waals surface area contributed by atoms with Crippen LogP contribution in [0.25, 0.3) is 0 Å². The molecule has 2 aromatic rings. The molecule has 0 aliphatic heterocycles. The molecule has 1 heterocycles. The highest BCUT2D eigenvalue weighted by atomic mass is 35.5. The van der Waals surface area contributed by atoms with Gasteiger partial charge in [-0.1, -0.05) is 36.2 Å². The summed E-state index contributed by atoms with van der Waals surface area (Å²) in [4.78, 5) is 18.8. The second kappa shape index (κ2) is 8.78. The van der Waals surface area contributed by atoms with E-state index >= 15 is 0 Å². The van der Waals surface area contributed by atoms with Crippen molar-refractivity contribution in [3.63, 3.8) is 0 Å². The molecule has 7 heteroatoms. The standard InChI is InChI=1S/C19H24Cl2N4O/c1-2-7-23-19(26)25(11-14-3-4-14)13-18-22-8-9-24(18)12-15-5-6-16(20)10-17(15)21/h5-6,8-10,14H,2-4,7,11-13H2,1H3,(H,23,26). The highest BCUT2D eigenvalue weighted by Crippen LogP contribution is 2.30. The van der Waals surface area contributed by atoms with Crippen LogP contribution in [-0.4, -0.2) is 33.6 Å². The van der Waals surface area contributed by atoms with Gasteiger partial charge in [-0.3, -0.25) is 0 Å². The number of nitrogens with zero attached hydrogens (tertiary/aromatic N) is 3. The van der Waals surface area contributed by atoms with Gasteiger partial charge in [0.1, 0.15) is 5.82 Å². The topological polar surface area (TPSA) is 50.2 Å². The molecule has 1 aromatic heterocycles. The van der Waals surface area contributed by atoms with E-state index < -0.39 is 0 Å². The van der Waals surface area contributed by atoms with Crippen molar-refractivity contribution in [3.05, 3.63) is 52.0 Å². The zero-order chi connectivity index (χ0) is 18.5. The number of amides is 2. The van der Waals surface area contributed by atoms with Crippen LogP contribution in [-0.2, 0) is 13.1 Å². The number of benzene rings is 1. The van der Waals surface area contributed by atoms with Crippen LogP contribution in [0.1, 0.15) is 37.6 Å². The number of aromatic nitrogens is 2. The van der Waals surface area contributed by atoms with Crippen LogP contribution in [0.15, 0.2) is 30.6 Å². The van der Waals surface area contributed by atoms with Crippen LogP contribution < -0.4 is 5.32 Å². The number of imidazole rings is 1. The Morgan fingerprint density at radius 1 is 1.38 bits per heavy atom. The Morgan fingerprint density at radius 3 is 2.88 bits per heavy atom. The van der Waals surface area contributed by atoms with Gasteiger partial charge in [0.2, 0.25) is 0 Å². The minimum absolute atomic E-state index is 0.0159. The number of urea groups is 1. The van der Waals surface area contributed by atoms with E-state index in [1.165, 1.54) is 12.8 Å². The van der Waals surface area contributed by atoms with Gasteiger partial charge in [-0.05, 0) is 42.9 Å². The number of hydrogen-bond donors (Lipinski definition) is 1. The molecule has 2 amide bonds. The first-order valence-electron chi connectivity index (χ1n) is 9.03. The van der Waals surface area contributed by atoms with Gasteiger partial charge in [0.15, 0.2) is 0 Å². The second-order valence-electron chi connectivity index (χ2n) is 6.76. The maximum absolute atomic E-state index is 12.5. The number of rotatable bonds is 8. The highest BCUT2D eigenvalue weighted by molar-refractivity contribution is 6.35. The van der Waals surface area contributed by atoms with E-state index in [4.69, 9.17) is 23.2 Å². The van der Waals surface area contributed by atoms with E-state index in [0.29, 0.717) is 35.6 Å². The van der Waals surface area contributed by atoms with Crippen molar-refractivity contribution in [1.82, 2.24) is 19.8 Å². The zero-order valence-corrected chi connectivity index (χ0v) is 16.4. The molecule has 0 saturated heterocycles. The molecule has 0 bridgehead atoms. The van der Waals surface area contributed by atoms with Gasteiger partial charge in [-0.15, -0.1) is 0 Å². The van der Waals surface area contributed by atoms with Crippen molar-refractivity contribution in [3.8, 4) is 0 Å². The number of nitrogens with one attached hydrogen (secondary N) is 1. The summed E-state index contributed by atoms with van der Waals surface area (Å²) in [5.41, 5.74) is 0.972. The molecular weight excluding hydrogens is 371 g/mol. The first kappa shape index (κ1) is 19.1. The third-order valence-electron chi connectivity index (χ3n) is 4.48. The number of hydrogen-bond acceptors (Lipinski definition) is 2. The molecule has 26 heavy (non-hydrogen) atoms. The molecule has 0 spiro atoms. The second-order valence-corrected chi connectivity index (χ2v) is 7.61. The van der Waals surface area contributed by atoms with Crippen LogP contribution in [0.5, 0.6) is 0 Å². The molecule has 0 unspecified atom stereocenters. The predicted molar refractivity (Wildman–Crippen MR) is 105 cm³/mol. The first-order chi connectivity index (χ1) is 12.6. The van der Waals surface area contributed by atoms with Crippen LogP contribution in [0.3, 0.4) is 0 Å². The normalized spacial score (nSPS) is 13.7. The largest absolute Gasteiger partial charge is 0.338 e. The molecule has 5 nitrogen and oxygen atoms in total. The molecule has 1 fully saturated rings. The quantitative estimate of drug-likeness (QED) is 0.712. The molecule has 140 valence electrons. The van der Waals surface area contributed by atoms with E-state index in [9.17, 15) is 4.79 Å². The Kier molecular flexibility index (Phi) is 6.43. The van der Waals surface area contributed by atoms with Crippen LogP contribution >= 0.6 is 23.2 Å². The van der Waals surface area contributed by atoms with E-state index in [-0.39, 0.29) is 6.03 Å². The van der Waals surface area contributed by atoms with Crippen molar-refractivity contribution < 1.29 is 4.79 Å². The number of carbonyl (C=O) groups excluding carboxylic acids is 1. The van der Waals surface area contributed by atoms with Gasteiger partial charge < -0.3 is 14.8 Å². The fourth-order valence-corrected chi connectivity index (χ4v) is 3.28. The summed E-state index contributed by atoms with van der Waals surface area (Å²) < 4.78 is 2.03. The smallest absolute Gasteiger partial charge is 0.317 e. The van der Waals surface area contributed by atoms with E-state index in [1.54, 1.807) is 12.3 Å². The molecule has 1 saturated carbocycles. The Labute approximate surface area is 164 Å². The lowest BCUT2D eigenvalue weighted by molar-refractivity contribution is 0.190. The monoisotopic (exact) mass is 394 g/mol. The summed E-state index contributed by atoms with van der Waals surface area (Å²) in [6.45, 7) is 4.61. The highest BCUT2D eigenvalue weighted by Gasteiger charge is 2.27. The molecule has 0 atom stereocenters. The molecule has 3 rings (SSSR count). The molecule has 1 aromatic carbocycles. The Bertz CT molecular complexity index is 758. The van der Waals surface area contributed by atoms with Gasteiger partial charge in [-0.25, -0.2) is 9.78 Å². The van der Waals surface area contributed by atoms with E-state index in [0.717, 1.165) is 24.4 Å². The zero-order valence-electron chi connectivity index (χ0n) is 14.9. The Hall–Kier alpha value is -1.72. The molecule has 0 radical (unpaired) electrons. The first-order valence-corrected chi connectivity index (χ1v) is 9.79. The molecule has 1 aliphatic rings. The van der Waals surface area contributed by atoms with Crippen LogP contribution in [0.4, 0.5) is 4.79 Å². The van der Waals surface area contributed by atoms with Gasteiger partial charge in [0.05, 0.1) is 13.1 Å². The van der Waals surface area contributed by atoms with Gasteiger partial charge in [0, 0.05) is 35.5 Å². The summed E-state index contributed by atoms with van der Waals surface area (Å²) in [5, 5.41) is 4.23. The molecule has 1 aliphatic carbocycles. The summed E-state index contributed by atoms with van der Waals surface area (Å²) in [6.07, 6.45) is 7.00. The summed E-state index contributed by atoms with van der Waals surface area (Å²) >= 11 is 12.3. The maximum atomic E-state index is 12.5. The lowest BCUT2D eigenvalue weighted by atomic mass is 10.2. The maximum Gasteiger partial charge on any atom is 0.317 e. The Balaban J connectivity index is 1.71. The van der Waals surface area contributed by atoms with Crippen molar-refractivity contribution in [1.29, 1.82) is 0 Å². The fourth-order valence-electron chi connectivity index (χ4n) is 2.81. The minimum atomic E-state index is -0.0159. The molecular formula is C19H24Cl2N4O. The summed E-state index contributed by atoms with van der Waals surface area (Å²) in [7, 11) is 0. The number of carbonyl (C=O) groups is 1. The van der Waals surface area contributed by atoms with E-state index in [1.807, 2.05) is 34.7 Å². The Morgan fingerprint density at radius 2 is 2.19 bits per heavy atom. The fraction of sp³-hybridized carbons (Fsp3) is 0.474. The van der Waals surface area contributed by atoms with Crippen molar-refractivity contribution in [2.75, 3.05) is 13.1 Å². The average Bonchev–Trinajstić information content (AvgIpc) is 3.33. The van der Waals surface area contributed by atoms with Crippen molar-refractivity contribution in [2.45, 2.75) is 39.3 Å². The number of halogens is 2. The van der Waals surface area contributed by atoms with Gasteiger partial charge in [-0.2, -0.15) is 0 Å². The van der Waals surface area contributed by atoms with Gasteiger partial charge in [0.25, 0.3) is 0 Å². The van der Waals surface area contributed by atoms with Crippen LogP contribution in [0.2, 0.25) is 10.0 Å².